The maximum Gasteiger partial charge on any atom is 0.247 e. The fraction of sp³-hybridized carbons (Fsp3) is 0.250. The van der Waals surface area contributed by atoms with E-state index in [1.54, 1.807) is 11.8 Å². The van der Waals surface area contributed by atoms with E-state index in [0.717, 1.165) is 39.0 Å². The molecule has 5 rings (SSSR count). The van der Waals surface area contributed by atoms with Crippen LogP contribution in [0.5, 0.6) is 17.4 Å². The van der Waals surface area contributed by atoms with Gasteiger partial charge in [-0.25, -0.2) is 0 Å². The maximum atomic E-state index is 6.45. The van der Waals surface area contributed by atoms with E-state index < -0.39 is 6.23 Å². The first-order chi connectivity index (χ1) is 18.2. The summed E-state index contributed by atoms with van der Waals surface area (Å²) in [4.78, 5) is 4.71. The Labute approximate surface area is 229 Å². The zero-order valence-electron chi connectivity index (χ0n) is 20.6. The van der Waals surface area contributed by atoms with E-state index in [1.165, 1.54) is 0 Å². The van der Waals surface area contributed by atoms with E-state index in [2.05, 4.69) is 38.4 Å². The highest BCUT2D eigenvalue weighted by atomic mass is 79.9. The van der Waals surface area contributed by atoms with Crippen LogP contribution in [0.3, 0.4) is 0 Å². The van der Waals surface area contributed by atoms with Gasteiger partial charge < -0.3 is 19.5 Å². The van der Waals surface area contributed by atoms with Crippen molar-refractivity contribution in [3.8, 4) is 28.6 Å². The number of aromatic nitrogens is 3. The fourth-order valence-electron chi connectivity index (χ4n) is 3.92. The van der Waals surface area contributed by atoms with Crippen LogP contribution in [0, 0.1) is 0 Å². The number of thioether (sulfide) groups is 1. The number of hydrogen-bond donors (Lipinski definition) is 1. The molecule has 3 aromatic carbocycles. The molecule has 37 heavy (non-hydrogen) atoms. The molecule has 0 saturated heterocycles. The lowest BCUT2D eigenvalue weighted by Gasteiger charge is -2.22. The van der Waals surface area contributed by atoms with E-state index in [0.29, 0.717) is 41.4 Å². The van der Waals surface area contributed by atoms with Crippen molar-refractivity contribution in [3.05, 3.63) is 82.3 Å². The van der Waals surface area contributed by atoms with Crippen LogP contribution < -0.4 is 19.5 Å². The summed E-state index contributed by atoms with van der Waals surface area (Å²) < 4.78 is 19.4. The summed E-state index contributed by atoms with van der Waals surface area (Å²) in [7, 11) is 0. The minimum atomic E-state index is -0.540. The van der Waals surface area contributed by atoms with Crippen LogP contribution in [0.2, 0.25) is 0 Å². The number of hydrogen-bond acceptors (Lipinski definition) is 8. The molecule has 0 fully saturated rings. The molecule has 1 aliphatic rings. The van der Waals surface area contributed by atoms with Crippen molar-refractivity contribution in [2.24, 2.45) is 0 Å². The molecule has 7 nitrogen and oxygen atoms in total. The zero-order valence-corrected chi connectivity index (χ0v) is 23.0. The summed E-state index contributed by atoms with van der Waals surface area (Å²) in [5.74, 6) is 2.63. The highest BCUT2D eigenvalue weighted by Crippen LogP contribution is 2.43. The van der Waals surface area contributed by atoms with E-state index in [9.17, 15) is 0 Å². The number of para-hydroxylation sites is 1. The average Bonchev–Trinajstić information content (AvgIpc) is 3.08. The highest BCUT2D eigenvalue weighted by Gasteiger charge is 2.27. The van der Waals surface area contributed by atoms with Crippen LogP contribution in [-0.4, -0.2) is 27.5 Å². The zero-order chi connectivity index (χ0) is 25.6. The van der Waals surface area contributed by atoms with Crippen molar-refractivity contribution >= 4 is 33.4 Å². The van der Waals surface area contributed by atoms with Crippen molar-refractivity contribution in [1.82, 2.24) is 15.2 Å². The van der Waals surface area contributed by atoms with Gasteiger partial charge in [-0.1, -0.05) is 67.2 Å². The molecule has 0 aliphatic carbocycles. The molecule has 0 bridgehead atoms. The van der Waals surface area contributed by atoms with Crippen molar-refractivity contribution in [2.45, 2.75) is 38.3 Å². The van der Waals surface area contributed by atoms with Gasteiger partial charge in [-0.15, -0.1) is 10.2 Å². The lowest BCUT2D eigenvalue weighted by molar-refractivity contribution is 0.223. The lowest BCUT2D eigenvalue weighted by Crippen LogP contribution is -2.17. The Kier molecular flexibility index (Phi) is 8.11. The Morgan fingerprint density at radius 1 is 1.00 bits per heavy atom. The molecular weight excluding hydrogens is 552 g/mol. The van der Waals surface area contributed by atoms with E-state index in [4.69, 9.17) is 19.2 Å². The average molecular weight is 580 g/mol. The molecule has 0 spiro atoms. The second-order valence-electron chi connectivity index (χ2n) is 8.32. The number of rotatable bonds is 9. The maximum absolute atomic E-state index is 6.45. The van der Waals surface area contributed by atoms with Crippen molar-refractivity contribution in [1.29, 1.82) is 0 Å². The standard InChI is InChI=1S/C28H27BrN4O3S/c1-3-14-37-28-31-27-24(32-33-28)20-12-8-9-13-22(20)30-26(36-27)19-15-21(29)25(23(16-19)34-4-2)35-17-18-10-6-5-7-11-18/h5-13,15-16,26,30H,3-4,14,17H2,1-2H3/t26-/m0/s1. The van der Waals surface area contributed by atoms with Crippen molar-refractivity contribution in [3.63, 3.8) is 0 Å². The topological polar surface area (TPSA) is 78.4 Å². The predicted molar refractivity (Wildman–Crippen MR) is 149 cm³/mol. The quantitative estimate of drug-likeness (QED) is 0.207. The monoisotopic (exact) mass is 578 g/mol. The van der Waals surface area contributed by atoms with E-state index in [1.807, 2.05) is 73.7 Å². The van der Waals surface area contributed by atoms with Gasteiger partial charge >= 0.3 is 0 Å². The summed E-state index contributed by atoms with van der Waals surface area (Å²) in [5.41, 5.74) is 4.31. The second kappa shape index (κ2) is 11.8. The smallest absolute Gasteiger partial charge is 0.247 e. The number of nitrogens with one attached hydrogen (secondary N) is 1. The summed E-state index contributed by atoms with van der Waals surface area (Å²) in [6, 6.07) is 21.9. The molecule has 190 valence electrons. The summed E-state index contributed by atoms with van der Waals surface area (Å²) in [6.45, 7) is 5.00. The normalized spacial score (nSPS) is 14.0. The minimum Gasteiger partial charge on any atom is -0.490 e. The molecule has 2 heterocycles. The first-order valence-electron chi connectivity index (χ1n) is 12.2. The van der Waals surface area contributed by atoms with Crippen LogP contribution in [0.15, 0.2) is 76.4 Å². The van der Waals surface area contributed by atoms with E-state index in [-0.39, 0.29) is 0 Å². The van der Waals surface area contributed by atoms with Gasteiger partial charge in [0.1, 0.15) is 6.61 Å². The second-order valence-corrected chi connectivity index (χ2v) is 10.2. The Morgan fingerprint density at radius 2 is 1.81 bits per heavy atom. The van der Waals surface area contributed by atoms with Gasteiger partial charge in [0.15, 0.2) is 23.4 Å². The molecule has 1 aromatic heterocycles. The molecule has 9 heteroatoms. The molecule has 0 unspecified atom stereocenters. The largest absolute Gasteiger partial charge is 0.490 e. The van der Waals surface area contributed by atoms with Gasteiger partial charge in [0, 0.05) is 22.6 Å². The molecule has 0 radical (unpaired) electrons. The minimum absolute atomic E-state index is 0.429. The summed E-state index contributed by atoms with van der Waals surface area (Å²) in [5, 5.41) is 12.9. The lowest BCUT2D eigenvalue weighted by atomic mass is 10.1. The summed E-state index contributed by atoms with van der Waals surface area (Å²) >= 11 is 5.27. The third-order valence-electron chi connectivity index (χ3n) is 5.63. The number of halogens is 1. The van der Waals surface area contributed by atoms with E-state index >= 15 is 0 Å². The summed E-state index contributed by atoms with van der Waals surface area (Å²) in [6.07, 6.45) is 0.480. The number of anilines is 1. The van der Waals surface area contributed by atoms with Crippen LogP contribution in [0.1, 0.15) is 37.6 Å². The fourth-order valence-corrected chi connectivity index (χ4v) is 5.13. The highest BCUT2D eigenvalue weighted by molar-refractivity contribution is 9.10. The number of benzene rings is 3. The molecule has 1 aliphatic heterocycles. The number of nitrogens with zero attached hydrogens (tertiary/aromatic N) is 3. The molecular formula is C28H27BrN4O3S. The third kappa shape index (κ3) is 5.83. The first-order valence-corrected chi connectivity index (χ1v) is 14.0. The van der Waals surface area contributed by atoms with Crippen molar-refractivity contribution in [2.75, 3.05) is 17.7 Å². The van der Waals surface area contributed by atoms with Gasteiger partial charge in [-0.05, 0) is 53.0 Å². The Hall–Kier alpha value is -3.30. The van der Waals surface area contributed by atoms with Crippen molar-refractivity contribution < 1.29 is 14.2 Å². The Balaban J connectivity index is 1.50. The Bertz CT molecular complexity index is 1370. The molecule has 1 atom stereocenters. The number of fused-ring (bicyclic) bond motifs is 3. The molecule has 1 N–H and O–H groups in total. The van der Waals surface area contributed by atoms with Crippen LogP contribution in [0.25, 0.3) is 11.3 Å². The van der Waals surface area contributed by atoms with Gasteiger partial charge in [0.2, 0.25) is 11.0 Å². The van der Waals surface area contributed by atoms with Gasteiger partial charge in [-0.2, -0.15) is 4.98 Å². The Morgan fingerprint density at radius 3 is 2.62 bits per heavy atom. The van der Waals surface area contributed by atoms with Crippen LogP contribution in [0.4, 0.5) is 5.69 Å². The van der Waals surface area contributed by atoms with Gasteiger partial charge in [-0.3, -0.25) is 0 Å². The molecule has 0 amide bonds. The SMILES string of the molecule is CCCSc1nnc2c(n1)O[C@@H](c1cc(Br)c(OCc3ccccc3)c(OCC)c1)Nc1ccccc1-2. The first kappa shape index (κ1) is 25.4. The third-order valence-corrected chi connectivity index (χ3v) is 7.26. The number of ether oxygens (including phenoxy) is 3. The van der Waals surface area contributed by atoms with Gasteiger partial charge in [0.25, 0.3) is 0 Å². The molecule has 4 aromatic rings. The van der Waals surface area contributed by atoms with Gasteiger partial charge in [0.05, 0.1) is 11.1 Å². The predicted octanol–water partition coefficient (Wildman–Crippen LogP) is 7.28. The van der Waals surface area contributed by atoms with Crippen LogP contribution >= 0.6 is 27.7 Å². The molecule has 0 saturated carbocycles. The van der Waals surface area contributed by atoms with Crippen LogP contribution in [-0.2, 0) is 6.61 Å².